The number of hydrogen-bond acceptors (Lipinski definition) is 1. The molecular formula is C22H41N. The average Bonchev–Trinajstić information content (AvgIpc) is 2.92. The predicted molar refractivity (Wildman–Crippen MR) is 100 cm³/mol. The van der Waals surface area contributed by atoms with Crippen LogP contribution in [0.1, 0.15) is 85.5 Å². The van der Waals surface area contributed by atoms with E-state index < -0.39 is 0 Å². The SMILES string of the molecule is CC.CC1CCC2C(CCC3C2CCC2(C)C(CN)CCC32)C1. The maximum atomic E-state index is 6.12. The highest BCUT2D eigenvalue weighted by Crippen LogP contribution is 2.64. The molecule has 0 saturated heterocycles. The highest BCUT2D eigenvalue weighted by atomic mass is 14.7. The van der Waals surface area contributed by atoms with Crippen molar-refractivity contribution >= 4 is 0 Å². The zero-order valence-corrected chi connectivity index (χ0v) is 16.2. The lowest BCUT2D eigenvalue weighted by molar-refractivity contribution is -0.0659. The Morgan fingerprint density at radius 3 is 2.35 bits per heavy atom. The van der Waals surface area contributed by atoms with Crippen LogP contribution in [0, 0.1) is 46.8 Å². The molecule has 0 aromatic heterocycles. The van der Waals surface area contributed by atoms with E-state index in [2.05, 4.69) is 13.8 Å². The molecule has 23 heavy (non-hydrogen) atoms. The molecule has 1 nitrogen and oxygen atoms in total. The van der Waals surface area contributed by atoms with Gasteiger partial charge in [0, 0.05) is 0 Å². The van der Waals surface area contributed by atoms with Crippen LogP contribution in [0.2, 0.25) is 0 Å². The first kappa shape index (κ1) is 17.8. The van der Waals surface area contributed by atoms with E-state index in [-0.39, 0.29) is 0 Å². The summed E-state index contributed by atoms with van der Waals surface area (Å²) in [5.41, 5.74) is 6.72. The lowest BCUT2D eigenvalue weighted by atomic mass is 9.49. The van der Waals surface area contributed by atoms with Crippen LogP contribution in [-0.4, -0.2) is 6.54 Å². The van der Waals surface area contributed by atoms with E-state index in [1.165, 1.54) is 32.1 Å². The van der Waals surface area contributed by atoms with E-state index >= 15 is 0 Å². The summed E-state index contributed by atoms with van der Waals surface area (Å²) >= 11 is 0. The van der Waals surface area contributed by atoms with Gasteiger partial charge in [0.25, 0.3) is 0 Å². The van der Waals surface area contributed by atoms with Crippen LogP contribution in [0.4, 0.5) is 0 Å². The highest BCUT2D eigenvalue weighted by Gasteiger charge is 2.56. The zero-order valence-electron chi connectivity index (χ0n) is 16.2. The molecule has 4 rings (SSSR count). The van der Waals surface area contributed by atoms with Crippen LogP contribution in [0.3, 0.4) is 0 Å². The first-order chi connectivity index (χ1) is 11.1. The monoisotopic (exact) mass is 319 g/mol. The molecule has 8 atom stereocenters. The Labute approximate surface area is 145 Å². The van der Waals surface area contributed by atoms with Crippen molar-refractivity contribution in [1.82, 2.24) is 0 Å². The number of rotatable bonds is 1. The Morgan fingerprint density at radius 2 is 1.61 bits per heavy atom. The smallest absolute Gasteiger partial charge is 0.00435 e. The maximum Gasteiger partial charge on any atom is -0.00435 e. The normalized spacial score (nSPS) is 51.8. The van der Waals surface area contributed by atoms with Gasteiger partial charge in [-0.1, -0.05) is 34.1 Å². The molecule has 0 spiro atoms. The van der Waals surface area contributed by atoms with Gasteiger partial charge < -0.3 is 5.73 Å². The van der Waals surface area contributed by atoms with Crippen LogP contribution in [0.5, 0.6) is 0 Å². The van der Waals surface area contributed by atoms with Crippen molar-refractivity contribution in [2.75, 3.05) is 6.54 Å². The van der Waals surface area contributed by atoms with Crippen molar-refractivity contribution in [1.29, 1.82) is 0 Å². The quantitative estimate of drug-likeness (QED) is 0.642. The Kier molecular flexibility index (Phi) is 5.46. The van der Waals surface area contributed by atoms with Crippen LogP contribution < -0.4 is 5.73 Å². The third-order valence-corrected chi connectivity index (χ3v) is 8.70. The van der Waals surface area contributed by atoms with Gasteiger partial charge in [-0.05, 0) is 105 Å². The van der Waals surface area contributed by atoms with Crippen molar-refractivity contribution in [2.24, 2.45) is 52.6 Å². The van der Waals surface area contributed by atoms with Crippen molar-refractivity contribution in [3.05, 3.63) is 0 Å². The topological polar surface area (TPSA) is 26.0 Å². The highest BCUT2D eigenvalue weighted by molar-refractivity contribution is 5.06. The second kappa shape index (κ2) is 7.06. The molecule has 0 aromatic rings. The molecule has 4 aliphatic rings. The molecule has 0 amide bonds. The van der Waals surface area contributed by atoms with Crippen molar-refractivity contribution < 1.29 is 0 Å². The van der Waals surface area contributed by atoms with E-state index in [9.17, 15) is 0 Å². The molecule has 0 radical (unpaired) electrons. The summed E-state index contributed by atoms with van der Waals surface area (Å²) in [4.78, 5) is 0. The fourth-order valence-corrected chi connectivity index (χ4v) is 7.58. The molecule has 8 unspecified atom stereocenters. The number of nitrogens with two attached hydrogens (primary N) is 1. The Hall–Kier alpha value is -0.0400. The van der Waals surface area contributed by atoms with E-state index in [4.69, 9.17) is 5.73 Å². The van der Waals surface area contributed by atoms with Gasteiger partial charge in [0.05, 0.1) is 0 Å². The zero-order chi connectivity index (χ0) is 16.6. The number of hydrogen-bond donors (Lipinski definition) is 1. The second-order valence-electron chi connectivity index (χ2n) is 9.41. The van der Waals surface area contributed by atoms with Crippen LogP contribution in [0.15, 0.2) is 0 Å². The Morgan fingerprint density at radius 1 is 0.870 bits per heavy atom. The van der Waals surface area contributed by atoms with Crippen LogP contribution >= 0.6 is 0 Å². The second-order valence-corrected chi connectivity index (χ2v) is 9.41. The van der Waals surface area contributed by atoms with Gasteiger partial charge in [0.2, 0.25) is 0 Å². The summed E-state index contributed by atoms with van der Waals surface area (Å²) in [6.45, 7) is 10.0. The summed E-state index contributed by atoms with van der Waals surface area (Å²) in [5, 5.41) is 0. The fraction of sp³-hybridized carbons (Fsp3) is 1.00. The Balaban J connectivity index is 0.000000753. The summed E-state index contributed by atoms with van der Waals surface area (Å²) in [6, 6.07) is 0. The standard InChI is InChI=1S/C20H35N.C2H6/c1-13-3-6-16-14(11-13)4-7-18-17(16)9-10-20(2)15(12-21)5-8-19(18)20;1-2/h13-19H,3-12,21H2,1-2H3;1-2H3. The third kappa shape index (κ3) is 2.90. The number of fused-ring (bicyclic) bond motifs is 5. The molecule has 2 N–H and O–H groups in total. The lowest BCUT2D eigenvalue weighted by Crippen LogP contribution is -2.49. The summed E-state index contributed by atoms with van der Waals surface area (Å²) < 4.78 is 0. The van der Waals surface area contributed by atoms with Gasteiger partial charge in [0.1, 0.15) is 0 Å². The minimum absolute atomic E-state index is 0.602. The predicted octanol–water partition coefficient (Wildman–Crippen LogP) is 5.88. The molecule has 0 aromatic carbocycles. The fourth-order valence-electron chi connectivity index (χ4n) is 7.58. The van der Waals surface area contributed by atoms with Crippen molar-refractivity contribution in [2.45, 2.75) is 85.5 Å². The first-order valence-corrected chi connectivity index (χ1v) is 10.8. The largest absolute Gasteiger partial charge is 0.330 e. The first-order valence-electron chi connectivity index (χ1n) is 10.8. The minimum Gasteiger partial charge on any atom is -0.330 e. The summed E-state index contributed by atoms with van der Waals surface area (Å²) in [7, 11) is 0. The molecule has 1 heteroatoms. The molecule has 0 aliphatic heterocycles. The summed E-state index contributed by atoms with van der Waals surface area (Å²) in [5.74, 6) is 7.19. The van der Waals surface area contributed by atoms with Crippen LogP contribution in [0.25, 0.3) is 0 Å². The van der Waals surface area contributed by atoms with Gasteiger partial charge in [-0.3, -0.25) is 0 Å². The van der Waals surface area contributed by atoms with Gasteiger partial charge in [-0.2, -0.15) is 0 Å². The molecule has 4 saturated carbocycles. The molecule has 0 heterocycles. The maximum absolute atomic E-state index is 6.12. The van der Waals surface area contributed by atoms with Crippen molar-refractivity contribution in [3.8, 4) is 0 Å². The van der Waals surface area contributed by atoms with Crippen LogP contribution in [-0.2, 0) is 0 Å². The van der Waals surface area contributed by atoms with Gasteiger partial charge in [-0.15, -0.1) is 0 Å². The van der Waals surface area contributed by atoms with E-state index in [1.54, 1.807) is 25.7 Å². The minimum atomic E-state index is 0.602. The average molecular weight is 320 g/mol. The van der Waals surface area contributed by atoms with E-state index in [1.807, 2.05) is 13.8 Å². The lowest BCUT2D eigenvalue weighted by Gasteiger charge is -2.56. The van der Waals surface area contributed by atoms with Gasteiger partial charge in [0.15, 0.2) is 0 Å². The van der Waals surface area contributed by atoms with E-state index in [0.717, 1.165) is 48.0 Å². The third-order valence-electron chi connectivity index (χ3n) is 8.70. The van der Waals surface area contributed by atoms with Gasteiger partial charge in [-0.25, -0.2) is 0 Å². The molecular weight excluding hydrogens is 278 g/mol. The summed E-state index contributed by atoms with van der Waals surface area (Å²) in [6.07, 6.45) is 13.6. The molecule has 4 aliphatic carbocycles. The molecule has 4 fully saturated rings. The molecule has 134 valence electrons. The van der Waals surface area contributed by atoms with E-state index in [0.29, 0.717) is 5.41 Å². The van der Waals surface area contributed by atoms with Gasteiger partial charge >= 0.3 is 0 Å². The van der Waals surface area contributed by atoms with Crippen molar-refractivity contribution in [3.63, 3.8) is 0 Å². The molecule has 0 bridgehead atoms. The Bertz CT molecular complexity index is 391.